The van der Waals surface area contributed by atoms with Gasteiger partial charge >= 0.3 is 24.3 Å². The molecule has 15 heteroatoms. The molecule has 38 heavy (non-hydrogen) atoms. The Kier molecular flexibility index (Phi) is 11.6. The number of carboxylic acid groups (broad SMARTS) is 2. The summed E-state index contributed by atoms with van der Waals surface area (Å²) in [7, 11) is 3.56. The molecule has 3 aromatic rings. The van der Waals surface area contributed by atoms with Crippen molar-refractivity contribution in [2.24, 2.45) is 0 Å². The van der Waals surface area contributed by atoms with Crippen molar-refractivity contribution in [1.82, 2.24) is 10.3 Å². The second-order valence-corrected chi connectivity index (χ2v) is 7.20. The number of aromatic nitrogens is 1. The van der Waals surface area contributed by atoms with Crippen LogP contribution >= 0.6 is 0 Å². The summed E-state index contributed by atoms with van der Waals surface area (Å²) in [4.78, 5) is 22.1. The predicted molar refractivity (Wildman–Crippen MR) is 124 cm³/mol. The largest absolute Gasteiger partial charge is 0.497 e. The van der Waals surface area contributed by atoms with E-state index in [0.29, 0.717) is 12.4 Å². The first-order valence-electron chi connectivity index (χ1n) is 10.3. The lowest BCUT2D eigenvalue weighted by molar-refractivity contribution is -0.193. The molecular weight excluding hydrogens is 528 g/mol. The fraction of sp³-hybridized carbons (Fsp3) is 0.261. The first kappa shape index (κ1) is 31.8. The van der Waals surface area contributed by atoms with Gasteiger partial charge in [0.15, 0.2) is 0 Å². The Morgan fingerprint density at radius 1 is 0.895 bits per heavy atom. The zero-order chi connectivity index (χ0) is 29.1. The van der Waals surface area contributed by atoms with E-state index in [4.69, 9.17) is 35.0 Å². The Bertz CT molecular complexity index is 1210. The van der Waals surface area contributed by atoms with E-state index in [9.17, 15) is 26.3 Å². The van der Waals surface area contributed by atoms with Gasteiger partial charge in [0.05, 0.1) is 12.6 Å². The van der Waals surface area contributed by atoms with Gasteiger partial charge in [-0.3, -0.25) is 0 Å². The number of ether oxygens (including phenoxy) is 2. The molecule has 208 valence electrons. The fourth-order valence-corrected chi connectivity index (χ4v) is 2.57. The van der Waals surface area contributed by atoms with Crippen LogP contribution in [0.15, 0.2) is 48.5 Å². The molecule has 5 N–H and O–H groups in total. The van der Waals surface area contributed by atoms with Crippen LogP contribution in [0.25, 0.3) is 10.9 Å². The van der Waals surface area contributed by atoms with Gasteiger partial charge in [-0.25, -0.2) is 14.6 Å². The molecule has 0 aliphatic heterocycles. The third kappa shape index (κ3) is 11.2. The Morgan fingerprint density at radius 2 is 1.42 bits per heavy atom. The van der Waals surface area contributed by atoms with Gasteiger partial charge < -0.3 is 30.7 Å². The van der Waals surface area contributed by atoms with E-state index in [1.807, 2.05) is 49.5 Å². The smallest absolute Gasteiger partial charge is 0.490 e. The van der Waals surface area contributed by atoms with E-state index in [2.05, 4.69) is 10.3 Å². The lowest BCUT2D eigenvalue weighted by Crippen LogP contribution is -2.21. The lowest BCUT2D eigenvalue weighted by atomic mass is 10.1. The highest BCUT2D eigenvalue weighted by Crippen LogP contribution is 2.24. The van der Waals surface area contributed by atoms with Crippen LogP contribution < -0.4 is 20.5 Å². The standard InChI is InChI=1S/C19H21N3O2.2C2HF3O2/c1-21-11-14-7-16(23-2)10-17(8-14)24-12-13-3-4-15-5-6-19(20)22-18(15)9-13;2*3-2(4,5)1(6)7/h3-10,21H,11-12H2,1-2H3,(H2,20,22);2*(H,6,7). The predicted octanol–water partition coefficient (Wildman–Crippen LogP) is 4.39. The number of hydrogen-bond acceptors (Lipinski definition) is 7. The van der Waals surface area contributed by atoms with Crippen LogP contribution in [0.4, 0.5) is 32.2 Å². The van der Waals surface area contributed by atoms with Gasteiger partial charge in [0.2, 0.25) is 0 Å². The molecule has 0 unspecified atom stereocenters. The second kappa shape index (κ2) is 13.9. The van der Waals surface area contributed by atoms with Crippen LogP contribution in [0, 0.1) is 0 Å². The van der Waals surface area contributed by atoms with Crippen LogP contribution in [0.1, 0.15) is 11.1 Å². The number of nitrogens with zero attached hydrogens (tertiary/aromatic N) is 1. The van der Waals surface area contributed by atoms with E-state index < -0.39 is 24.3 Å². The maximum absolute atomic E-state index is 10.6. The topological polar surface area (TPSA) is 144 Å². The van der Waals surface area contributed by atoms with Gasteiger partial charge in [-0.1, -0.05) is 12.1 Å². The normalized spacial score (nSPS) is 10.9. The summed E-state index contributed by atoms with van der Waals surface area (Å²) in [6.45, 7) is 1.21. The number of fused-ring (bicyclic) bond motifs is 1. The molecule has 1 aromatic heterocycles. The molecule has 0 bridgehead atoms. The summed E-state index contributed by atoms with van der Waals surface area (Å²) >= 11 is 0. The van der Waals surface area contributed by atoms with Crippen molar-refractivity contribution < 1.29 is 55.6 Å². The van der Waals surface area contributed by atoms with Gasteiger partial charge in [-0.05, 0) is 48.5 Å². The third-order valence-corrected chi connectivity index (χ3v) is 4.22. The third-order valence-electron chi connectivity index (χ3n) is 4.22. The number of carboxylic acids is 2. The Balaban J connectivity index is 0.000000426. The van der Waals surface area contributed by atoms with Crippen LogP contribution in [-0.2, 0) is 22.7 Å². The number of nitrogen functional groups attached to an aromatic ring is 1. The van der Waals surface area contributed by atoms with Crippen molar-refractivity contribution >= 4 is 28.7 Å². The number of aliphatic carboxylic acids is 2. The van der Waals surface area contributed by atoms with E-state index >= 15 is 0 Å². The average Bonchev–Trinajstić information content (AvgIpc) is 2.82. The summed E-state index contributed by atoms with van der Waals surface area (Å²) in [5.41, 5.74) is 8.78. The number of benzene rings is 2. The molecule has 0 saturated carbocycles. The minimum atomic E-state index is -5.08. The number of nitrogens with one attached hydrogen (secondary N) is 1. The minimum absolute atomic E-state index is 0.457. The van der Waals surface area contributed by atoms with Gasteiger partial charge in [-0.2, -0.15) is 26.3 Å². The molecule has 0 aliphatic rings. The molecule has 3 rings (SSSR count). The number of halogens is 6. The van der Waals surface area contributed by atoms with Crippen LogP contribution in [-0.4, -0.2) is 53.6 Å². The zero-order valence-electron chi connectivity index (χ0n) is 19.9. The summed E-state index contributed by atoms with van der Waals surface area (Å²) < 4.78 is 74.7. The van der Waals surface area contributed by atoms with E-state index in [1.165, 1.54) is 0 Å². The van der Waals surface area contributed by atoms with Crippen molar-refractivity contribution in [2.45, 2.75) is 25.5 Å². The van der Waals surface area contributed by atoms with Gasteiger partial charge in [0.25, 0.3) is 0 Å². The quantitative estimate of drug-likeness (QED) is 0.328. The highest BCUT2D eigenvalue weighted by atomic mass is 19.4. The van der Waals surface area contributed by atoms with E-state index in [0.717, 1.165) is 40.1 Å². The molecule has 0 atom stereocenters. The van der Waals surface area contributed by atoms with Crippen molar-refractivity contribution in [2.75, 3.05) is 19.9 Å². The molecular formula is C23H23F6N3O6. The molecule has 0 amide bonds. The first-order chi connectivity index (χ1) is 17.6. The number of rotatable bonds is 6. The Morgan fingerprint density at radius 3 is 1.92 bits per heavy atom. The Hall–Kier alpha value is -4.27. The minimum Gasteiger partial charge on any atom is -0.497 e. The summed E-state index contributed by atoms with van der Waals surface area (Å²) in [5, 5.41) is 18.4. The maximum Gasteiger partial charge on any atom is 0.490 e. The number of carbonyl (C=O) groups is 2. The maximum atomic E-state index is 10.6. The highest BCUT2D eigenvalue weighted by Gasteiger charge is 2.38. The summed E-state index contributed by atoms with van der Waals surface area (Å²) in [6, 6.07) is 15.7. The first-order valence-corrected chi connectivity index (χ1v) is 10.3. The molecule has 2 aromatic carbocycles. The highest BCUT2D eigenvalue weighted by molar-refractivity contribution is 5.80. The van der Waals surface area contributed by atoms with Crippen molar-refractivity contribution in [3.8, 4) is 11.5 Å². The van der Waals surface area contributed by atoms with Crippen molar-refractivity contribution in [1.29, 1.82) is 0 Å². The monoisotopic (exact) mass is 551 g/mol. The molecule has 0 saturated heterocycles. The van der Waals surface area contributed by atoms with Crippen LogP contribution in [0.2, 0.25) is 0 Å². The average molecular weight is 551 g/mol. The summed E-state index contributed by atoms with van der Waals surface area (Å²) in [6.07, 6.45) is -10.2. The van der Waals surface area contributed by atoms with Crippen molar-refractivity contribution in [3.63, 3.8) is 0 Å². The lowest BCUT2D eigenvalue weighted by Gasteiger charge is -2.11. The number of anilines is 1. The number of alkyl halides is 6. The zero-order valence-corrected chi connectivity index (χ0v) is 19.9. The van der Waals surface area contributed by atoms with E-state index in [-0.39, 0.29) is 0 Å². The number of nitrogens with two attached hydrogens (primary N) is 1. The van der Waals surface area contributed by atoms with Gasteiger partial charge in [0, 0.05) is 18.0 Å². The van der Waals surface area contributed by atoms with Crippen molar-refractivity contribution in [3.05, 3.63) is 59.7 Å². The van der Waals surface area contributed by atoms with Gasteiger partial charge in [-0.15, -0.1) is 0 Å². The molecule has 0 fully saturated rings. The molecule has 0 spiro atoms. The number of hydrogen-bond donors (Lipinski definition) is 4. The fourth-order valence-electron chi connectivity index (χ4n) is 2.57. The number of methoxy groups -OCH3 is 1. The van der Waals surface area contributed by atoms with E-state index in [1.54, 1.807) is 13.2 Å². The molecule has 9 nitrogen and oxygen atoms in total. The molecule has 1 heterocycles. The number of pyridine rings is 1. The second-order valence-electron chi connectivity index (χ2n) is 7.20. The van der Waals surface area contributed by atoms with Crippen LogP contribution in [0.5, 0.6) is 11.5 Å². The summed E-state index contributed by atoms with van der Waals surface area (Å²) in [5.74, 6) is -3.43. The van der Waals surface area contributed by atoms with Gasteiger partial charge in [0.1, 0.15) is 23.9 Å². The SMILES string of the molecule is CNCc1cc(OC)cc(OCc2ccc3ccc(N)nc3c2)c1.O=C(O)C(F)(F)F.O=C(O)C(F)(F)F. The molecule has 0 aliphatic carbocycles. The van der Waals surface area contributed by atoms with Crippen LogP contribution in [0.3, 0.4) is 0 Å². The molecule has 0 radical (unpaired) electrons. The Labute approximate surface area is 211 Å².